The topological polar surface area (TPSA) is 38.3 Å². The van der Waals surface area contributed by atoms with Gasteiger partial charge in [0, 0.05) is 5.75 Å². The van der Waals surface area contributed by atoms with Gasteiger partial charge in [0.05, 0.1) is 12.7 Å². The number of thioether (sulfide) groups is 1. The second kappa shape index (κ2) is 5.09. The van der Waals surface area contributed by atoms with E-state index in [2.05, 4.69) is 38.2 Å². The van der Waals surface area contributed by atoms with Crippen molar-refractivity contribution in [2.75, 3.05) is 18.6 Å². The minimum Gasteiger partial charge on any atom is -0.498 e. The molecule has 1 spiro atoms. The van der Waals surface area contributed by atoms with Crippen LogP contribution in [0.15, 0.2) is 17.9 Å². The lowest BCUT2D eigenvalue weighted by Gasteiger charge is -2.25. The number of amides is 1. The molecule has 3 nitrogen and oxygen atoms in total. The van der Waals surface area contributed by atoms with Crippen LogP contribution in [0, 0.1) is 20.8 Å². The first kappa shape index (κ1) is 14.5. The summed E-state index contributed by atoms with van der Waals surface area (Å²) in [6.45, 7) is 6.22. The highest BCUT2D eigenvalue weighted by atomic mass is 32.2. The Morgan fingerprint density at radius 3 is 2.43 bits per heavy atom. The Hall–Kier alpha value is -1.42. The van der Waals surface area contributed by atoms with E-state index >= 15 is 0 Å². The van der Waals surface area contributed by atoms with Crippen LogP contribution in [0.25, 0.3) is 5.57 Å². The molecular formula is C17H21NO2S. The van der Waals surface area contributed by atoms with Gasteiger partial charge >= 0.3 is 0 Å². The van der Waals surface area contributed by atoms with Gasteiger partial charge in [0.2, 0.25) is 0 Å². The zero-order chi connectivity index (χ0) is 15.2. The molecule has 1 unspecified atom stereocenters. The minimum absolute atomic E-state index is 0.00408. The fourth-order valence-electron chi connectivity index (χ4n) is 3.62. The van der Waals surface area contributed by atoms with Crippen LogP contribution in [0.3, 0.4) is 0 Å². The predicted molar refractivity (Wildman–Crippen MR) is 87.4 cm³/mol. The first-order chi connectivity index (χ1) is 9.98. The standard InChI is InChI=1S/C17H21NO2S/c1-10-7-11(2)13(12(3)8-10)14-15(20-4)17(18-16(14)19)5-6-21-9-17/h7-8H,5-6,9H2,1-4H3,(H,18,19). The summed E-state index contributed by atoms with van der Waals surface area (Å²) in [5, 5.41) is 3.19. The van der Waals surface area contributed by atoms with Gasteiger partial charge in [-0.2, -0.15) is 11.8 Å². The highest BCUT2D eigenvalue weighted by Crippen LogP contribution is 2.43. The number of hydrogen-bond donors (Lipinski definition) is 1. The Bertz CT molecular complexity index is 619. The van der Waals surface area contributed by atoms with E-state index in [1.807, 2.05) is 11.8 Å². The molecule has 3 rings (SSSR count). The average Bonchev–Trinajstić information content (AvgIpc) is 2.95. The maximum atomic E-state index is 12.6. The van der Waals surface area contributed by atoms with Gasteiger partial charge in [0.25, 0.3) is 5.91 Å². The zero-order valence-electron chi connectivity index (χ0n) is 13.0. The first-order valence-corrected chi connectivity index (χ1v) is 8.41. The summed E-state index contributed by atoms with van der Waals surface area (Å²) in [5.74, 6) is 2.79. The number of methoxy groups -OCH3 is 1. The van der Waals surface area contributed by atoms with Crippen molar-refractivity contribution < 1.29 is 9.53 Å². The van der Waals surface area contributed by atoms with Gasteiger partial charge in [-0.1, -0.05) is 17.7 Å². The van der Waals surface area contributed by atoms with E-state index in [4.69, 9.17) is 4.74 Å². The van der Waals surface area contributed by atoms with E-state index in [-0.39, 0.29) is 11.4 Å². The molecule has 2 aliphatic rings. The molecule has 1 fully saturated rings. The minimum atomic E-state index is -0.296. The Balaban J connectivity index is 2.22. The van der Waals surface area contributed by atoms with E-state index in [1.54, 1.807) is 7.11 Å². The van der Waals surface area contributed by atoms with Crippen molar-refractivity contribution >= 4 is 23.2 Å². The number of aryl methyl sites for hydroxylation is 3. The molecule has 1 N–H and O–H groups in total. The smallest absolute Gasteiger partial charge is 0.256 e. The highest BCUT2D eigenvalue weighted by molar-refractivity contribution is 7.99. The van der Waals surface area contributed by atoms with Crippen LogP contribution in [0.2, 0.25) is 0 Å². The highest BCUT2D eigenvalue weighted by Gasteiger charge is 2.49. The monoisotopic (exact) mass is 303 g/mol. The van der Waals surface area contributed by atoms with Crippen molar-refractivity contribution in [1.82, 2.24) is 5.32 Å². The van der Waals surface area contributed by atoms with Crippen LogP contribution >= 0.6 is 11.8 Å². The van der Waals surface area contributed by atoms with E-state index in [0.29, 0.717) is 0 Å². The number of ether oxygens (including phenoxy) is 1. The van der Waals surface area contributed by atoms with Gasteiger partial charge in [-0.05, 0) is 49.6 Å². The number of hydrogen-bond acceptors (Lipinski definition) is 3. The van der Waals surface area contributed by atoms with Crippen LogP contribution in [0.5, 0.6) is 0 Å². The second-order valence-electron chi connectivity index (χ2n) is 6.02. The third kappa shape index (κ3) is 2.16. The van der Waals surface area contributed by atoms with E-state index in [0.717, 1.165) is 45.9 Å². The molecule has 0 bridgehead atoms. The SMILES string of the molecule is COC1=C(c2c(C)cc(C)cc2C)C(=O)NC12CCSC2. The first-order valence-electron chi connectivity index (χ1n) is 7.26. The maximum Gasteiger partial charge on any atom is 0.256 e. The molecule has 0 radical (unpaired) electrons. The Morgan fingerprint density at radius 2 is 1.90 bits per heavy atom. The van der Waals surface area contributed by atoms with Crippen molar-refractivity contribution in [3.8, 4) is 0 Å². The average molecular weight is 303 g/mol. The summed E-state index contributed by atoms with van der Waals surface area (Å²) in [7, 11) is 1.68. The molecule has 0 aromatic heterocycles. The van der Waals surface area contributed by atoms with Crippen LogP contribution in [0.1, 0.15) is 28.7 Å². The second-order valence-corrected chi connectivity index (χ2v) is 7.13. The molecule has 1 aromatic carbocycles. The molecule has 21 heavy (non-hydrogen) atoms. The Kier molecular flexibility index (Phi) is 3.52. The lowest BCUT2D eigenvalue weighted by atomic mass is 9.90. The normalized spacial score (nSPS) is 24.9. The van der Waals surface area contributed by atoms with Gasteiger partial charge in [0.1, 0.15) is 11.3 Å². The van der Waals surface area contributed by atoms with Crippen LogP contribution in [-0.4, -0.2) is 30.1 Å². The maximum absolute atomic E-state index is 12.6. The molecule has 0 saturated carbocycles. The molecule has 0 aliphatic carbocycles. The molecular weight excluding hydrogens is 282 g/mol. The largest absolute Gasteiger partial charge is 0.498 e. The van der Waals surface area contributed by atoms with Gasteiger partial charge in [-0.3, -0.25) is 4.79 Å². The molecule has 4 heteroatoms. The zero-order valence-corrected chi connectivity index (χ0v) is 13.8. The van der Waals surface area contributed by atoms with Crippen LogP contribution < -0.4 is 5.32 Å². The summed E-state index contributed by atoms with van der Waals surface area (Å²) >= 11 is 1.87. The molecule has 2 aliphatic heterocycles. The van der Waals surface area contributed by atoms with Gasteiger partial charge < -0.3 is 10.1 Å². The van der Waals surface area contributed by atoms with Gasteiger partial charge in [-0.15, -0.1) is 0 Å². The Labute approximate surface area is 130 Å². The van der Waals surface area contributed by atoms with Crippen molar-refractivity contribution in [3.63, 3.8) is 0 Å². The molecule has 1 atom stereocenters. The number of nitrogens with one attached hydrogen (secondary N) is 1. The van der Waals surface area contributed by atoms with Crippen LogP contribution in [0.4, 0.5) is 0 Å². The summed E-state index contributed by atoms with van der Waals surface area (Å²) in [5.41, 5.74) is 4.96. The fraction of sp³-hybridized carbons (Fsp3) is 0.471. The van der Waals surface area contributed by atoms with E-state index < -0.39 is 0 Å². The van der Waals surface area contributed by atoms with E-state index in [1.165, 1.54) is 5.56 Å². The summed E-state index contributed by atoms with van der Waals surface area (Å²) < 4.78 is 5.71. The summed E-state index contributed by atoms with van der Waals surface area (Å²) in [6, 6.07) is 4.26. The molecule has 1 saturated heterocycles. The quantitative estimate of drug-likeness (QED) is 0.913. The number of benzene rings is 1. The number of carbonyl (C=O) groups is 1. The van der Waals surface area contributed by atoms with Gasteiger partial charge in [-0.25, -0.2) is 0 Å². The third-order valence-corrected chi connectivity index (χ3v) is 5.58. The fourth-order valence-corrected chi connectivity index (χ4v) is 4.95. The summed E-state index contributed by atoms with van der Waals surface area (Å²) in [6.07, 6.45) is 0.944. The molecule has 2 heterocycles. The molecule has 1 aromatic rings. The van der Waals surface area contributed by atoms with Crippen molar-refractivity contribution in [2.24, 2.45) is 0 Å². The molecule has 1 amide bonds. The summed E-state index contributed by atoms with van der Waals surface area (Å²) in [4.78, 5) is 12.6. The number of rotatable bonds is 2. The van der Waals surface area contributed by atoms with Crippen molar-refractivity contribution in [3.05, 3.63) is 40.1 Å². The molecule has 112 valence electrons. The van der Waals surface area contributed by atoms with Gasteiger partial charge in [0.15, 0.2) is 0 Å². The lowest BCUT2D eigenvalue weighted by Crippen LogP contribution is -2.45. The number of carbonyl (C=O) groups excluding carboxylic acids is 1. The van der Waals surface area contributed by atoms with E-state index in [9.17, 15) is 4.79 Å². The van der Waals surface area contributed by atoms with Crippen LogP contribution in [-0.2, 0) is 9.53 Å². The predicted octanol–water partition coefficient (Wildman–Crippen LogP) is 2.97. The lowest BCUT2D eigenvalue weighted by molar-refractivity contribution is -0.116. The van der Waals surface area contributed by atoms with Crippen molar-refractivity contribution in [2.45, 2.75) is 32.7 Å². The Morgan fingerprint density at radius 1 is 1.24 bits per heavy atom. The van der Waals surface area contributed by atoms with Crippen molar-refractivity contribution in [1.29, 1.82) is 0 Å². The third-order valence-electron chi connectivity index (χ3n) is 4.39.